The van der Waals surface area contributed by atoms with E-state index in [1.165, 1.54) is 11.8 Å². The zero-order valence-corrected chi connectivity index (χ0v) is 15.6. The molecule has 0 spiro atoms. The third kappa shape index (κ3) is 3.31. The molecule has 0 saturated heterocycles. The molecule has 0 bridgehead atoms. The van der Waals surface area contributed by atoms with Crippen LogP contribution in [0.5, 0.6) is 0 Å². The minimum absolute atomic E-state index is 0.122. The van der Waals surface area contributed by atoms with E-state index < -0.39 is 0 Å². The first-order valence-electron chi connectivity index (χ1n) is 8.14. The Morgan fingerprint density at radius 1 is 1.33 bits per heavy atom. The number of amides is 1. The molecule has 2 heterocycles. The Morgan fingerprint density at radius 2 is 2.04 bits per heavy atom. The molecule has 1 saturated carbocycles. The van der Waals surface area contributed by atoms with Crippen LogP contribution in [-0.4, -0.2) is 31.9 Å². The summed E-state index contributed by atoms with van der Waals surface area (Å²) in [5, 5.41) is 8.16. The fourth-order valence-corrected chi connectivity index (χ4v) is 3.52. The zero-order valence-electron chi connectivity index (χ0n) is 14.8. The molecule has 2 aromatic heterocycles. The average Bonchev–Trinajstić information content (AvgIpc) is 3.31. The van der Waals surface area contributed by atoms with Crippen molar-refractivity contribution in [1.82, 2.24) is 25.1 Å². The summed E-state index contributed by atoms with van der Waals surface area (Å²) in [4.78, 5) is 22.0. The van der Waals surface area contributed by atoms with Gasteiger partial charge in [-0.25, -0.2) is 9.97 Å². The third-order valence-corrected chi connectivity index (χ3v) is 4.98. The van der Waals surface area contributed by atoms with Crippen molar-refractivity contribution in [1.29, 1.82) is 0 Å². The number of thioether (sulfide) groups is 1. The standard InChI is InChI=1S/C17H23N5OS/c1-9(13-8-22(4)21-10(13)2)19-16(23)14-11(3)18-15(12-6-7-12)20-17(14)24-5/h8-9,12H,6-7H2,1-5H3,(H,19,23)/t9-/m0/s1. The smallest absolute Gasteiger partial charge is 0.256 e. The van der Waals surface area contributed by atoms with E-state index in [4.69, 9.17) is 0 Å². The largest absolute Gasteiger partial charge is 0.345 e. The van der Waals surface area contributed by atoms with Crippen LogP contribution in [0.25, 0.3) is 0 Å². The summed E-state index contributed by atoms with van der Waals surface area (Å²) in [6, 6.07) is -0.122. The average molecular weight is 345 g/mol. The van der Waals surface area contributed by atoms with E-state index in [0.29, 0.717) is 11.5 Å². The highest BCUT2D eigenvalue weighted by Crippen LogP contribution is 2.39. The van der Waals surface area contributed by atoms with E-state index >= 15 is 0 Å². The fourth-order valence-electron chi connectivity index (χ4n) is 2.89. The van der Waals surface area contributed by atoms with E-state index in [2.05, 4.69) is 20.4 Å². The van der Waals surface area contributed by atoms with E-state index in [9.17, 15) is 4.79 Å². The maximum absolute atomic E-state index is 12.8. The predicted molar refractivity (Wildman–Crippen MR) is 94.4 cm³/mol. The number of aromatic nitrogens is 4. The van der Waals surface area contributed by atoms with Gasteiger partial charge >= 0.3 is 0 Å². The van der Waals surface area contributed by atoms with Gasteiger partial charge in [0, 0.05) is 24.7 Å². The lowest BCUT2D eigenvalue weighted by atomic mass is 10.1. The van der Waals surface area contributed by atoms with Gasteiger partial charge in [-0.15, -0.1) is 11.8 Å². The molecule has 1 aliphatic rings. The highest BCUT2D eigenvalue weighted by molar-refractivity contribution is 7.98. The van der Waals surface area contributed by atoms with Gasteiger partial charge in [-0.1, -0.05) is 0 Å². The number of aryl methyl sites for hydroxylation is 3. The molecular weight excluding hydrogens is 322 g/mol. The van der Waals surface area contributed by atoms with E-state index in [1.807, 2.05) is 40.3 Å². The summed E-state index contributed by atoms with van der Waals surface area (Å²) < 4.78 is 1.76. The number of hydrogen-bond donors (Lipinski definition) is 1. The Morgan fingerprint density at radius 3 is 2.58 bits per heavy atom. The van der Waals surface area contributed by atoms with Crippen LogP contribution in [-0.2, 0) is 7.05 Å². The number of hydrogen-bond acceptors (Lipinski definition) is 5. The molecule has 1 aliphatic carbocycles. The first-order chi connectivity index (χ1) is 11.4. The van der Waals surface area contributed by atoms with Crippen molar-refractivity contribution in [2.24, 2.45) is 7.05 Å². The van der Waals surface area contributed by atoms with Gasteiger partial charge in [-0.05, 0) is 39.9 Å². The third-order valence-electron chi connectivity index (χ3n) is 4.30. The van der Waals surface area contributed by atoms with Crippen molar-refractivity contribution in [3.05, 3.63) is 34.5 Å². The van der Waals surface area contributed by atoms with Crippen LogP contribution < -0.4 is 5.32 Å². The fraction of sp³-hybridized carbons (Fsp3) is 0.529. The SMILES string of the molecule is CSc1nc(C2CC2)nc(C)c1C(=O)N[C@@H](C)c1cn(C)nc1C. The number of nitrogens with one attached hydrogen (secondary N) is 1. The van der Waals surface area contributed by atoms with Crippen LogP contribution in [0.1, 0.15) is 64.9 Å². The Bertz CT molecular complexity index is 782. The molecule has 1 N–H and O–H groups in total. The second-order valence-corrected chi connectivity index (χ2v) is 7.16. The minimum atomic E-state index is -0.130. The van der Waals surface area contributed by atoms with Gasteiger partial charge in [-0.2, -0.15) is 5.10 Å². The number of rotatable bonds is 5. The molecule has 6 nitrogen and oxygen atoms in total. The summed E-state index contributed by atoms with van der Waals surface area (Å²) >= 11 is 1.50. The van der Waals surface area contributed by atoms with Crippen LogP contribution in [0.2, 0.25) is 0 Å². The Balaban J connectivity index is 1.85. The summed E-state index contributed by atoms with van der Waals surface area (Å²) in [5.74, 6) is 1.23. The summed E-state index contributed by atoms with van der Waals surface area (Å²) in [5.41, 5.74) is 3.28. The molecule has 2 aromatic rings. The van der Waals surface area contributed by atoms with Gasteiger partial charge in [0.25, 0.3) is 5.91 Å². The van der Waals surface area contributed by atoms with Crippen LogP contribution in [0.4, 0.5) is 0 Å². The number of nitrogens with zero attached hydrogens (tertiary/aromatic N) is 4. The van der Waals surface area contributed by atoms with Gasteiger partial charge < -0.3 is 5.32 Å². The first kappa shape index (κ1) is 17.0. The van der Waals surface area contributed by atoms with Gasteiger partial charge in [0.1, 0.15) is 10.9 Å². The molecule has 0 aromatic carbocycles. The molecule has 3 rings (SSSR count). The second-order valence-electron chi connectivity index (χ2n) is 6.36. The highest BCUT2D eigenvalue weighted by Gasteiger charge is 2.29. The topological polar surface area (TPSA) is 72.7 Å². The number of carbonyl (C=O) groups is 1. The molecular formula is C17H23N5OS. The quantitative estimate of drug-likeness (QED) is 0.666. The molecule has 0 aliphatic heterocycles. The molecule has 7 heteroatoms. The van der Waals surface area contributed by atoms with Crippen LogP contribution in [0.3, 0.4) is 0 Å². The van der Waals surface area contributed by atoms with Gasteiger partial charge in [0.15, 0.2) is 0 Å². The Hall–Kier alpha value is -1.89. The second kappa shape index (κ2) is 6.55. The molecule has 0 radical (unpaired) electrons. The van der Waals surface area contributed by atoms with Crippen molar-refractivity contribution >= 4 is 17.7 Å². The monoisotopic (exact) mass is 345 g/mol. The van der Waals surface area contributed by atoms with Gasteiger partial charge in [-0.3, -0.25) is 9.48 Å². The zero-order chi connectivity index (χ0) is 17.4. The maximum atomic E-state index is 12.8. The molecule has 1 atom stereocenters. The van der Waals surface area contributed by atoms with Crippen molar-refractivity contribution in [2.75, 3.05) is 6.26 Å². The minimum Gasteiger partial charge on any atom is -0.345 e. The summed E-state index contributed by atoms with van der Waals surface area (Å²) in [6.45, 7) is 5.81. The predicted octanol–water partition coefficient (Wildman–Crippen LogP) is 2.92. The van der Waals surface area contributed by atoms with Crippen molar-refractivity contribution in [2.45, 2.75) is 50.6 Å². The molecule has 1 fully saturated rings. The highest BCUT2D eigenvalue weighted by atomic mass is 32.2. The van der Waals surface area contributed by atoms with Crippen LogP contribution >= 0.6 is 11.8 Å². The normalized spacial score (nSPS) is 15.4. The Kier molecular flexibility index (Phi) is 4.62. The van der Waals surface area contributed by atoms with Crippen molar-refractivity contribution in [3.63, 3.8) is 0 Å². The molecule has 1 amide bonds. The van der Waals surface area contributed by atoms with E-state index in [0.717, 1.165) is 40.6 Å². The van der Waals surface area contributed by atoms with E-state index in [1.54, 1.807) is 4.68 Å². The Labute approximate surface area is 146 Å². The van der Waals surface area contributed by atoms with Crippen LogP contribution in [0.15, 0.2) is 11.2 Å². The molecule has 24 heavy (non-hydrogen) atoms. The lowest BCUT2D eigenvalue weighted by Crippen LogP contribution is -2.29. The van der Waals surface area contributed by atoms with Crippen molar-refractivity contribution in [3.8, 4) is 0 Å². The van der Waals surface area contributed by atoms with Gasteiger partial charge in [0.05, 0.1) is 23.0 Å². The number of carbonyl (C=O) groups excluding carboxylic acids is 1. The lowest BCUT2D eigenvalue weighted by Gasteiger charge is -2.16. The first-order valence-corrected chi connectivity index (χ1v) is 9.36. The van der Waals surface area contributed by atoms with Crippen molar-refractivity contribution < 1.29 is 4.79 Å². The van der Waals surface area contributed by atoms with Gasteiger partial charge in [0.2, 0.25) is 0 Å². The van der Waals surface area contributed by atoms with E-state index in [-0.39, 0.29) is 11.9 Å². The summed E-state index contributed by atoms with van der Waals surface area (Å²) in [7, 11) is 1.88. The summed E-state index contributed by atoms with van der Waals surface area (Å²) in [6.07, 6.45) is 6.19. The lowest BCUT2D eigenvalue weighted by molar-refractivity contribution is 0.0935. The maximum Gasteiger partial charge on any atom is 0.256 e. The molecule has 0 unspecified atom stereocenters. The molecule has 128 valence electrons. The van der Waals surface area contributed by atoms with Crippen LogP contribution in [0, 0.1) is 13.8 Å².